The Morgan fingerprint density at radius 1 is 1.90 bits per heavy atom. The third-order valence-electron chi connectivity index (χ3n) is 1.46. The lowest BCUT2D eigenvalue weighted by molar-refractivity contribution is 0.118. The van der Waals surface area contributed by atoms with E-state index in [2.05, 4.69) is 5.32 Å². The van der Waals surface area contributed by atoms with Gasteiger partial charge in [-0.1, -0.05) is 0 Å². The van der Waals surface area contributed by atoms with E-state index < -0.39 is 6.10 Å². The first-order chi connectivity index (χ1) is 4.84. The van der Waals surface area contributed by atoms with Crippen LogP contribution in [0.2, 0.25) is 0 Å². The van der Waals surface area contributed by atoms with Gasteiger partial charge in [-0.3, -0.25) is 0 Å². The lowest BCUT2D eigenvalue weighted by Gasteiger charge is -2.10. The van der Waals surface area contributed by atoms with E-state index in [1.165, 1.54) is 0 Å². The van der Waals surface area contributed by atoms with Crippen molar-refractivity contribution in [2.45, 2.75) is 12.5 Å². The zero-order valence-corrected chi connectivity index (χ0v) is 6.13. The van der Waals surface area contributed by atoms with Gasteiger partial charge in [0.05, 0.1) is 6.61 Å². The fourth-order valence-electron chi connectivity index (χ4n) is 0.963. The molecule has 1 heterocycles. The highest BCUT2D eigenvalue weighted by Crippen LogP contribution is 2.12. The van der Waals surface area contributed by atoms with Crippen molar-refractivity contribution in [1.82, 2.24) is 5.32 Å². The summed E-state index contributed by atoms with van der Waals surface area (Å²) in [5.41, 5.74) is 0. The van der Waals surface area contributed by atoms with Crippen LogP contribution < -0.4 is 5.32 Å². The summed E-state index contributed by atoms with van der Waals surface area (Å²) in [5, 5.41) is 12.2. The number of rotatable bonds is 3. The Hall–Kier alpha value is -0.540. The third kappa shape index (κ3) is 1.72. The molecule has 1 rings (SSSR count). The van der Waals surface area contributed by atoms with Gasteiger partial charge < -0.3 is 15.2 Å². The molecular weight excluding hydrogens is 130 g/mol. The van der Waals surface area contributed by atoms with E-state index in [0.717, 1.165) is 13.0 Å². The van der Waals surface area contributed by atoms with Crippen LogP contribution in [-0.2, 0) is 4.74 Å². The molecule has 0 saturated heterocycles. The Kier molecular flexibility index (Phi) is 2.71. The van der Waals surface area contributed by atoms with Crippen LogP contribution in [0.4, 0.5) is 0 Å². The van der Waals surface area contributed by atoms with Crippen LogP contribution in [0.3, 0.4) is 0 Å². The van der Waals surface area contributed by atoms with Crippen molar-refractivity contribution < 1.29 is 9.84 Å². The lowest BCUT2D eigenvalue weighted by atomic mass is 10.3. The Bertz CT molecular complexity index is 134. The molecule has 10 heavy (non-hydrogen) atoms. The van der Waals surface area contributed by atoms with E-state index in [0.29, 0.717) is 12.3 Å². The molecule has 0 spiro atoms. The summed E-state index contributed by atoms with van der Waals surface area (Å²) < 4.78 is 5.14. The zero-order valence-electron chi connectivity index (χ0n) is 6.13. The van der Waals surface area contributed by atoms with Crippen LogP contribution in [0.25, 0.3) is 0 Å². The second-order valence-electron chi connectivity index (χ2n) is 2.32. The summed E-state index contributed by atoms with van der Waals surface area (Å²) in [4.78, 5) is 0. The second kappa shape index (κ2) is 3.58. The van der Waals surface area contributed by atoms with Crippen molar-refractivity contribution in [1.29, 1.82) is 0 Å². The molecule has 1 unspecified atom stereocenters. The number of likely N-dealkylation sites (N-methyl/N-ethyl adjacent to an activating group) is 1. The van der Waals surface area contributed by atoms with E-state index >= 15 is 0 Å². The number of hydrogen-bond donors (Lipinski definition) is 2. The summed E-state index contributed by atoms with van der Waals surface area (Å²) in [6.45, 7) is 1.28. The van der Waals surface area contributed by atoms with Gasteiger partial charge >= 0.3 is 0 Å². The van der Waals surface area contributed by atoms with Crippen LogP contribution in [-0.4, -0.2) is 31.4 Å². The SMILES string of the molecule is CNCC(O)C1=CCCO1. The van der Waals surface area contributed by atoms with Crippen LogP contribution in [0, 0.1) is 0 Å². The number of aliphatic hydroxyl groups is 1. The maximum atomic E-state index is 9.29. The highest BCUT2D eigenvalue weighted by Gasteiger charge is 2.13. The van der Waals surface area contributed by atoms with E-state index in [9.17, 15) is 5.11 Å². The van der Waals surface area contributed by atoms with E-state index in [1.807, 2.05) is 6.08 Å². The number of aliphatic hydroxyl groups excluding tert-OH is 1. The molecule has 0 radical (unpaired) electrons. The van der Waals surface area contributed by atoms with E-state index in [-0.39, 0.29) is 0 Å². The highest BCUT2D eigenvalue weighted by atomic mass is 16.5. The molecule has 3 heteroatoms. The van der Waals surface area contributed by atoms with Crippen LogP contribution in [0.15, 0.2) is 11.8 Å². The van der Waals surface area contributed by atoms with Gasteiger partial charge in [-0.15, -0.1) is 0 Å². The molecule has 1 atom stereocenters. The molecule has 58 valence electrons. The summed E-state index contributed by atoms with van der Waals surface area (Å²) in [5.74, 6) is 0.717. The minimum Gasteiger partial charge on any atom is -0.495 e. The molecule has 0 aromatic rings. The van der Waals surface area contributed by atoms with Crippen molar-refractivity contribution in [3.05, 3.63) is 11.8 Å². The van der Waals surface area contributed by atoms with Gasteiger partial charge in [-0.2, -0.15) is 0 Å². The van der Waals surface area contributed by atoms with Crippen molar-refractivity contribution >= 4 is 0 Å². The van der Waals surface area contributed by atoms with Crippen LogP contribution in [0.1, 0.15) is 6.42 Å². The minimum absolute atomic E-state index is 0.465. The first-order valence-electron chi connectivity index (χ1n) is 3.50. The monoisotopic (exact) mass is 143 g/mol. The Labute approximate surface area is 60.7 Å². The third-order valence-corrected chi connectivity index (χ3v) is 1.46. The molecule has 0 aliphatic carbocycles. The molecular formula is C7H13NO2. The van der Waals surface area contributed by atoms with Gasteiger partial charge in [-0.25, -0.2) is 0 Å². The van der Waals surface area contributed by atoms with Crippen molar-refractivity contribution in [2.75, 3.05) is 20.2 Å². The maximum Gasteiger partial charge on any atom is 0.123 e. The molecule has 0 aromatic carbocycles. The molecule has 0 saturated carbocycles. The standard InChI is InChI=1S/C7H13NO2/c1-8-5-6(9)7-3-2-4-10-7/h3,6,8-9H,2,4-5H2,1H3. The van der Waals surface area contributed by atoms with Crippen molar-refractivity contribution in [3.8, 4) is 0 Å². The van der Waals surface area contributed by atoms with Crippen molar-refractivity contribution in [2.24, 2.45) is 0 Å². The molecule has 1 aliphatic rings. The second-order valence-corrected chi connectivity index (χ2v) is 2.32. The van der Waals surface area contributed by atoms with Gasteiger partial charge in [-0.05, 0) is 13.1 Å². The summed E-state index contributed by atoms with van der Waals surface area (Å²) in [7, 11) is 1.80. The Balaban J connectivity index is 2.32. The smallest absolute Gasteiger partial charge is 0.123 e. The first-order valence-corrected chi connectivity index (χ1v) is 3.50. The highest BCUT2D eigenvalue weighted by molar-refractivity contribution is 5.04. The zero-order chi connectivity index (χ0) is 7.40. The quantitative estimate of drug-likeness (QED) is 0.578. The topological polar surface area (TPSA) is 41.5 Å². The molecule has 0 amide bonds. The molecule has 2 N–H and O–H groups in total. The van der Waals surface area contributed by atoms with Gasteiger partial charge in [0.25, 0.3) is 0 Å². The summed E-state index contributed by atoms with van der Waals surface area (Å²) in [6.07, 6.45) is 2.39. The van der Waals surface area contributed by atoms with Gasteiger partial charge in [0.15, 0.2) is 0 Å². The fraction of sp³-hybridized carbons (Fsp3) is 0.714. The molecule has 0 aromatic heterocycles. The Morgan fingerprint density at radius 3 is 3.20 bits per heavy atom. The maximum absolute atomic E-state index is 9.29. The van der Waals surface area contributed by atoms with Crippen LogP contribution >= 0.6 is 0 Å². The fourth-order valence-corrected chi connectivity index (χ4v) is 0.963. The van der Waals surface area contributed by atoms with Gasteiger partial charge in [0.2, 0.25) is 0 Å². The molecule has 0 bridgehead atoms. The predicted octanol–water partition coefficient (Wildman–Crippen LogP) is -0.129. The lowest BCUT2D eigenvalue weighted by Crippen LogP contribution is -2.25. The number of nitrogens with one attached hydrogen (secondary N) is 1. The normalized spacial score (nSPS) is 20.0. The average molecular weight is 143 g/mol. The minimum atomic E-state index is -0.465. The average Bonchev–Trinajstić information content (AvgIpc) is 2.38. The molecule has 0 fully saturated rings. The number of hydrogen-bond acceptors (Lipinski definition) is 3. The molecule has 1 aliphatic heterocycles. The Morgan fingerprint density at radius 2 is 2.70 bits per heavy atom. The molecule has 3 nitrogen and oxygen atoms in total. The van der Waals surface area contributed by atoms with Gasteiger partial charge in [0, 0.05) is 13.0 Å². The predicted molar refractivity (Wildman–Crippen MR) is 38.6 cm³/mol. The largest absolute Gasteiger partial charge is 0.495 e. The number of ether oxygens (including phenoxy) is 1. The van der Waals surface area contributed by atoms with E-state index in [1.54, 1.807) is 7.05 Å². The summed E-state index contributed by atoms with van der Waals surface area (Å²) >= 11 is 0. The first kappa shape index (κ1) is 7.57. The van der Waals surface area contributed by atoms with Gasteiger partial charge in [0.1, 0.15) is 11.9 Å². The van der Waals surface area contributed by atoms with E-state index in [4.69, 9.17) is 4.74 Å². The summed E-state index contributed by atoms with van der Waals surface area (Å²) in [6, 6.07) is 0. The van der Waals surface area contributed by atoms with Crippen molar-refractivity contribution in [3.63, 3.8) is 0 Å². The van der Waals surface area contributed by atoms with Crippen LogP contribution in [0.5, 0.6) is 0 Å².